The molecule has 0 saturated heterocycles. The highest BCUT2D eigenvalue weighted by Gasteiger charge is 2.24. The van der Waals surface area contributed by atoms with E-state index in [1.54, 1.807) is 18.5 Å². The summed E-state index contributed by atoms with van der Waals surface area (Å²) in [7, 11) is 0. The number of Topliss-reactive ketones (excluding diaryl/α,β-unsaturated/α-hetero) is 1. The maximum atomic E-state index is 11.1. The van der Waals surface area contributed by atoms with Crippen molar-refractivity contribution in [3.05, 3.63) is 24.0 Å². The Hall–Kier alpha value is -1.38. The van der Waals surface area contributed by atoms with Crippen LogP contribution in [-0.2, 0) is 4.79 Å². The lowest BCUT2D eigenvalue weighted by molar-refractivity contribution is -0.117. The van der Waals surface area contributed by atoms with Crippen molar-refractivity contribution in [1.82, 2.24) is 4.98 Å². The molecule has 0 bridgehead atoms. The second-order valence-electron chi connectivity index (χ2n) is 3.48. The maximum Gasteiger partial charge on any atom is 0.133 e. The summed E-state index contributed by atoms with van der Waals surface area (Å²) in [5.74, 6) is 0.648. The van der Waals surface area contributed by atoms with Crippen molar-refractivity contribution < 1.29 is 4.79 Å². The molecule has 1 atom stereocenters. The Morgan fingerprint density at radius 3 is 3.00 bits per heavy atom. The zero-order valence-corrected chi connectivity index (χ0v) is 7.36. The van der Waals surface area contributed by atoms with E-state index in [1.165, 1.54) is 0 Å². The molecule has 1 aromatic rings. The third-order valence-electron chi connectivity index (χ3n) is 2.57. The lowest BCUT2D eigenvalue weighted by Gasteiger charge is -2.09. The molecule has 1 heterocycles. The number of nitrogen functional groups attached to an aromatic ring is 1. The molecule has 1 saturated carbocycles. The van der Waals surface area contributed by atoms with E-state index in [4.69, 9.17) is 5.73 Å². The third-order valence-corrected chi connectivity index (χ3v) is 2.57. The number of aromatic nitrogens is 1. The summed E-state index contributed by atoms with van der Waals surface area (Å²) in [6, 6.07) is 1.79. The number of hydrogen-bond donors (Lipinski definition) is 1. The summed E-state index contributed by atoms with van der Waals surface area (Å²) in [5, 5.41) is 0. The molecule has 0 amide bonds. The molecular weight excluding hydrogens is 164 g/mol. The van der Waals surface area contributed by atoms with Gasteiger partial charge in [0.05, 0.1) is 0 Å². The smallest absolute Gasteiger partial charge is 0.133 e. The van der Waals surface area contributed by atoms with Crippen LogP contribution in [0.2, 0.25) is 0 Å². The summed E-state index contributed by atoms with van der Waals surface area (Å²) in [5.41, 5.74) is 7.59. The number of rotatable bonds is 1. The van der Waals surface area contributed by atoms with Gasteiger partial charge >= 0.3 is 0 Å². The standard InChI is InChI=1S/C10H12N2O/c11-10-3-4-12-6-9(10)7-1-2-8(13)5-7/h3-4,6-7H,1-2,5H2,(H2,11,12). The van der Waals surface area contributed by atoms with Crippen LogP contribution < -0.4 is 5.73 Å². The number of ketones is 1. The Kier molecular flexibility index (Phi) is 2.00. The van der Waals surface area contributed by atoms with E-state index in [0.29, 0.717) is 24.5 Å². The fourth-order valence-electron chi connectivity index (χ4n) is 1.84. The molecule has 68 valence electrons. The minimum Gasteiger partial charge on any atom is -0.398 e. The molecule has 1 fully saturated rings. The first-order chi connectivity index (χ1) is 6.27. The van der Waals surface area contributed by atoms with Gasteiger partial charge in [-0.2, -0.15) is 0 Å². The Labute approximate surface area is 77.0 Å². The van der Waals surface area contributed by atoms with E-state index in [0.717, 1.165) is 17.7 Å². The van der Waals surface area contributed by atoms with Crippen LogP contribution in [-0.4, -0.2) is 10.8 Å². The second-order valence-corrected chi connectivity index (χ2v) is 3.48. The van der Waals surface area contributed by atoms with Crippen LogP contribution in [0, 0.1) is 0 Å². The molecule has 2 rings (SSSR count). The highest BCUT2D eigenvalue weighted by atomic mass is 16.1. The number of anilines is 1. The van der Waals surface area contributed by atoms with Gasteiger partial charge in [-0.25, -0.2) is 0 Å². The number of pyridine rings is 1. The highest BCUT2D eigenvalue weighted by Crippen LogP contribution is 2.34. The van der Waals surface area contributed by atoms with Gasteiger partial charge in [-0.05, 0) is 24.0 Å². The summed E-state index contributed by atoms with van der Waals surface area (Å²) >= 11 is 0. The van der Waals surface area contributed by atoms with E-state index < -0.39 is 0 Å². The molecule has 1 aromatic heterocycles. The van der Waals surface area contributed by atoms with Gasteiger partial charge in [0.2, 0.25) is 0 Å². The SMILES string of the molecule is Nc1ccncc1C1CCC(=O)C1. The Bertz CT molecular complexity index is 335. The Balaban J connectivity index is 2.26. The number of hydrogen-bond acceptors (Lipinski definition) is 3. The van der Waals surface area contributed by atoms with Crippen LogP contribution in [0.4, 0.5) is 5.69 Å². The van der Waals surface area contributed by atoms with Gasteiger partial charge < -0.3 is 5.73 Å². The lowest BCUT2D eigenvalue weighted by Crippen LogP contribution is -2.00. The first kappa shape index (κ1) is 8.23. The molecule has 1 aliphatic carbocycles. The monoisotopic (exact) mass is 176 g/mol. The van der Waals surface area contributed by atoms with Gasteiger partial charge in [-0.3, -0.25) is 9.78 Å². The normalized spacial score (nSPS) is 22.2. The summed E-state index contributed by atoms with van der Waals surface area (Å²) < 4.78 is 0. The average molecular weight is 176 g/mol. The molecular formula is C10H12N2O. The third kappa shape index (κ3) is 1.54. The van der Waals surface area contributed by atoms with Gasteiger partial charge in [0, 0.05) is 30.9 Å². The summed E-state index contributed by atoms with van der Waals surface area (Å²) in [4.78, 5) is 15.1. The van der Waals surface area contributed by atoms with Crippen molar-refractivity contribution in [3.63, 3.8) is 0 Å². The van der Waals surface area contributed by atoms with Crippen molar-refractivity contribution in [2.45, 2.75) is 25.2 Å². The lowest BCUT2D eigenvalue weighted by atomic mass is 9.98. The van der Waals surface area contributed by atoms with E-state index in [1.807, 2.05) is 0 Å². The van der Waals surface area contributed by atoms with Crippen LogP contribution in [0.15, 0.2) is 18.5 Å². The van der Waals surface area contributed by atoms with E-state index in [9.17, 15) is 4.79 Å². The van der Waals surface area contributed by atoms with Crippen molar-refractivity contribution in [1.29, 1.82) is 0 Å². The van der Waals surface area contributed by atoms with Crippen molar-refractivity contribution in [2.24, 2.45) is 0 Å². The molecule has 1 unspecified atom stereocenters. The molecule has 3 heteroatoms. The van der Waals surface area contributed by atoms with Crippen LogP contribution in [0.1, 0.15) is 30.7 Å². The van der Waals surface area contributed by atoms with E-state index in [-0.39, 0.29) is 0 Å². The van der Waals surface area contributed by atoms with Gasteiger partial charge in [0.1, 0.15) is 5.78 Å². The van der Waals surface area contributed by atoms with Crippen molar-refractivity contribution >= 4 is 11.5 Å². The molecule has 13 heavy (non-hydrogen) atoms. The fourth-order valence-corrected chi connectivity index (χ4v) is 1.84. The van der Waals surface area contributed by atoms with Crippen LogP contribution >= 0.6 is 0 Å². The molecule has 0 aromatic carbocycles. The zero-order valence-electron chi connectivity index (χ0n) is 7.36. The zero-order chi connectivity index (χ0) is 9.26. The molecule has 2 N–H and O–H groups in total. The van der Waals surface area contributed by atoms with Gasteiger partial charge in [-0.1, -0.05) is 0 Å². The predicted molar refractivity (Wildman–Crippen MR) is 50.2 cm³/mol. The number of nitrogens with zero attached hydrogens (tertiary/aromatic N) is 1. The Morgan fingerprint density at radius 1 is 1.54 bits per heavy atom. The topological polar surface area (TPSA) is 56.0 Å². The summed E-state index contributed by atoms with van der Waals surface area (Å²) in [6.07, 6.45) is 5.71. The maximum absolute atomic E-state index is 11.1. The molecule has 3 nitrogen and oxygen atoms in total. The van der Waals surface area contributed by atoms with Gasteiger partial charge in [0.15, 0.2) is 0 Å². The molecule has 1 aliphatic rings. The van der Waals surface area contributed by atoms with Crippen LogP contribution in [0.3, 0.4) is 0 Å². The molecule has 0 spiro atoms. The van der Waals surface area contributed by atoms with Crippen LogP contribution in [0.5, 0.6) is 0 Å². The minimum atomic E-state index is 0.307. The first-order valence-corrected chi connectivity index (χ1v) is 4.48. The first-order valence-electron chi connectivity index (χ1n) is 4.48. The molecule has 0 radical (unpaired) electrons. The molecule has 0 aliphatic heterocycles. The van der Waals surface area contributed by atoms with E-state index >= 15 is 0 Å². The number of nitrogens with two attached hydrogens (primary N) is 1. The summed E-state index contributed by atoms with van der Waals surface area (Å²) in [6.45, 7) is 0. The van der Waals surface area contributed by atoms with Crippen molar-refractivity contribution in [3.8, 4) is 0 Å². The Morgan fingerprint density at radius 2 is 2.38 bits per heavy atom. The largest absolute Gasteiger partial charge is 0.398 e. The van der Waals surface area contributed by atoms with Gasteiger partial charge in [0.25, 0.3) is 0 Å². The van der Waals surface area contributed by atoms with Gasteiger partial charge in [-0.15, -0.1) is 0 Å². The van der Waals surface area contributed by atoms with E-state index in [2.05, 4.69) is 4.98 Å². The second kappa shape index (κ2) is 3.17. The fraction of sp³-hybridized carbons (Fsp3) is 0.400. The predicted octanol–water partition coefficient (Wildman–Crippen LogP) is 1.50. The average Bonchev–Trinajstić information content (AvgIpc) is 2.53. The van der Waals surface area contributed by atoms with Crippen LogP contribution in [0.25, 0.3) is 0 Å². The quantitative estimate of drug-likeness (QED) is 0.705. The highest BCUT2D eigenvalue weighted by molar-refractivity contribution is 5.82. The minimum absolute atomic E-state index is 0.307. The van der Waals surface area contributed by atoms with Crippen molar-refractivity contribution in [2.75, 3.05) is 5.73 Å². The number of carbonyl (C=O) groups excluding carboxylic acids is 1. The number of carbonyl (C=O) groups is 1.